The lowest BCUT2D eigenvalue weighted by molar-refractivity contribution is -0.109. The minimum atomic E-state index is -0.538. The fourth-order valence-electron chi connectivity index (χ4n) is 3.78. The van der Waals surface area contributed by atoms with Crippen LogP contribution in [0.4, 0.5) is 10.1 Å². The highest BCUT2D eigenvalue weighted by Gasteiger charge is 2.31. The van der Waals surface area contributed by atoms with Gasteiger partial charge in [0.25, 0.3) is 0 Å². The van der Waals surface area contributed by atoms with Crippen molar-refractivity contribution in [2.24, 2.45) is 0 Å². The van der Waals surface area contributed by atoms with Gasteiger partial charge in [-0.3, -0.25) is 4.79 Å². The third-order valence-corrected chi connectivity index (χ3v) is 6.28. The van der Waals surface area contributed by atoms with Crippen molar-refractivity contribution in [1.29, 1.82) is 0 Å². The van der Waals surface area contributed by atoms with Gasteiger partial charge in [0, 0.05) is 29.2 Å². The number of hydrogen-bond donors (Lipinski definition) is 1. The molecule has 0 radical (unpaired) electrons. The third kappa shape index (κ3) is 3.23. The molecule has 2 heterocycles. The van der Waals surface area contributed by atoms with Gasteiger partial charge >= 0.3 is 0 Å². The maximum absolute atomic E-state index is 14.8. The Bertz CT molecular complexity index is 831. The van der Waals surface area contributed by atoms with Crippen molar-refractivity contribution in [2.75, 3.05) is 18.5 Å². The van der Waals surface area contributed by atoms with Gasteiger partial charge in [0.05, 0.1) is 18.9 Å². The molecule has 0 bridgehead atoms. The second-order valence-electron chi connectivity index (χ2n) is 6.83. The number of thioether (sulfide) groups is 1. The molecular formula is C19H22FNO4S. The molecule has 0 amide bonds. The number of ether oxygens (including phenoxy) is 2. The number of fused-ring (bicyclic) bond motifs is 1. The lowest BCUT2D eigenvalue weighted by atomic mass is 10.0. The van der Waals surface area contributed by atoms with Gasteiger partial charge in [-0.15, -0.1) is 0 Å². The van der Waals surface area contributed by atoms with E-state index in [0.717, 1.165) is 24.9 Å². The zero-order valence-corrected chi connectivity index (χ0v) is 15.7. The second kappa shape index (κ2) is 7.21. The summed E-state index contributed by atoms with van der Waals surface area (Å²) in [5.41, 5.74) is 2.16. The van der Waals surface area contributed by atoms with Crippen LogP contribution in [0.25, 0.3) is 11.0 Å². The molecule has 1 saturated heterocycles. The highest BCUT2D eigenvalue weighted by Crippen LogP contribution is 2.38. The van der Waals surface area contributed by atoms with Crippen molar-refractivity contribution in [2.45, 2.75) is 50.7 Å². The molecule has 1 aromatic carbocycles. The van der Waals surface area contributed by atoms with Gasteiger partial charge in [0.2, 0.25) is 0 Å². The van der Waals surface area contributed by atoms with Gasteiger partial charge in [-0.1, -0.05) is 18.2 Å². The predicted molar refractivity (Wildman–Crippen MR) is 98.9 cm³/mol. The number of furan rings is 1. The molecule has 0 spiro atoms. The largest absolute Gasteiger partial charge is 0.459 e. The van der Waals surface area contributed by atoms with E-state index in [4.69, 9.17) is 13.9 Å². The maximum Gasteiger partial charge on any atom is 0.186 e. The number of nitrogens with one attached hydrogen (secondary N) is 1. The van der Waals surface area contributed by atoms with Crippen molar-refractivity contribution in [1.82, 2.24) is 0 Å². The molecule has 1 N–H and O–H groups in total. The average molecular weight is 379 g/mol. The summed E-state index contributed by atoms with van der Waals surface area (Å²) < 4.78 is 31.4. The van der Waals surface area contributed by atoms with E-state index < -0.39 is 6.29 Å². The topological polar surface area (TPSA) is 60.7 Å². The average Bonchev–Trinajstić information content (AvgIpc) is 3.33. The summed E-state index contributed by atoms with van der Waals surface area (Å²) in [6, 6.07) is 2.05. The van der Waals surface area contributed by atoms with E-state index in [2.05, 4.69) is 5.32 Å². The summed E-state index contributed by atoms with van der Waals surface area (Å²) in [4.78, 5) is 11.5. The van der Waals surface area contributed by atoms with Crippen LogP contribution in [0.3, 0.4) is 0 Å². The van der Waals surface area contributed by atoms with E-state index >= 15 is 0 Å². The van der Waals surface area contributed by atoms with Crippen LogP contribution in [0.1, 0.15) is 43.6 Å². The molecule has 4 rings (SSSR count). The molecule has 2 aliphatic rings. The first-order valence-electron chi connectivity index (χ1n) is 8.91. The number of benzene rings is 1. The predicted octanol–water partition coefficient (Wildman–Crippen LogP) is 4.54. The van der Waals surface area contributed by atoms with Gasteiger partial charge in [-0.2, -0.15) is 0 Å². The fraction of sp³-hybridized carbons (Fsp3) is 0.526. The highest BCUT2D eigenvalue weighted by molar-refractivity contribution is 8.14. The Hall–Kier alpha value is -1.57. The Morgan fingerprint density at radius 3 is 2.81 bits per heavy atom. The lowest BCUT2D eigenvalue weighted by Gasteiger charge is -2.20. The number of hydrogen-bond acceptors (Lipinski definition) is 6. The Morgan fingerprint density at radius 2 is 2.08 bits per heavy atom. The maximum atomic E-state index is 14.8. The Labute approximate surface area is 155 Å². The Morgan fingerprint density at radius 1 is 1.31 bits per heavy atom. The van der Waals surface area contributed by atoms with E-state index in [1.807, 2.05) is 6.07 Å². The number of carbonyl (C=O) groups is 1. The minimum absolute atomic E-state index is 0.125. The highest BCUT2D eigenvalue weighted by atomic mass is 32.2. The molecule has 140 valence electrons. The Balaban J connectivity index is 1.66. The molecule has 1 aromatic heterocycles. The molecule has 2 fully saturated rings. The smallest absolute Gasteiger partial charge is 0.186 e. The number of carbonyl (C=O) groups excluding carboxylic acids is 1. The summed E-state index contributed by atoms with van der Waals surface area (Å²) in [6.45, 7) is 4.32. The van der Waals surface area contributed by atoms with Crippen LogP contribution in [-0.4, -0.2) is 29.6 Å². The molecule has 1 aliphatic carbocycles. The van der Waals surface area contributed by atoms with Gasteiger partial charge in [-0.25, -0.2) is 4.39 Å². The first-order valence-corrected chi connectivity index (χ1v) is 9.79. The Kier molecular flexibility index (Phi) is 4.94. The number of anilines is 1. The van der Waals surface area contributed by atoms with Crippen LogP contribution in [0.5, 0.6) is 0 Å². The molecular weight excluding hydrogens is 357 g/mol. The van der Waals surface area contributed by atoms with Crippen molar-refractivity contribution in [3.05, 3.63) is 29.3 Å². The molecule has 0 unspecified atom stereocenters. The standard InChI is InChI=1S/C19H22FNO4S/c1-10-12(19-23-6-7-24-19)8-13-15(9-25-18(13)17(10)20)21-14-4-3-5-16(14)26-11(2)22/h8-9,14,16,19,21H,3-7H2,1-2H3/t14-,16+/m0/s1. The molecule has 5 nitrogen and oxygen atoms in total. The zero-order valence-electron chi connectivity index (χ0n) is 14.8. The number of rotatable bonds is 4. The minimum Gasteiger partial charge on any atom is -0.459 e. The molecule has 2 atom stereocenters. The van der Waals surface area contributed by atoms with Crippen molar-refractivity contribution in [3.63, 3.8) is 0 Å². The summed E-state index contributed by atoms with van der Waals surface area (Å²) in [5, 5.41) is 4.51. The van der Waals surface area contributed by atoms with Gasteiger partial charge in [-0.05, 0) is 31.4 Å². The van der Waals surface area contributed by atoms with Crippen LogP contribution in [0, 0.1) is 12.7 Å². The summed E-state index contributed by atoms with van der Waals surface area (Å²) >= 11 is 1.38. The van der Waals surface area contributed by atoms with Crippen LogP contribution >= 0.6 is 11.8 Å². The fourth-order valence-corrected chi connectivity index (χ4v) is 4.86. The summed E-state index contributed by atoms with van der Waals surface area (Å²) in [7, 11) is 0. The SMILES string of the molecule is CC(=O)S[C@@H]1CCC[C@@H]1Nc1coc2c(F)c(C)c(C3OCCO3)cc12. The third-order valence-electron chi connectivity index (χ3n) is 5.08. The molecule has 7 heteroatoms. The van der Waals surface area contributed by atoms with E-state index in [9.17, 15) is 9.18 Å². The zero-order chi connectivity index (χ0) is 18.3. The molecule has 1 saturated carbocycles. The summed E-state index contributed by atoms with van der Waals surface area (Å²) in [6.07, 6.45) is 4.07. The van der Waals surface area contributed by atoms with Crippen LogP contribution in [0.15, 0.2) is 16.7 Å². The monoisotopic (exact) mass is 379 g/mol. The summed E-state index contributed by atoms with van der Waals surface area (Å²) in [5.74, 6) is -0.384. The lowest BCUT2D eigenvalue weighted by Crippen LogP contribution is -2.26. The molecule has 1 aliphatic heterocycles. The number of halogens is 1. The van der Waals surface area contributed by atoms with E-state index in [1.165, 1.54) is 11.8 Å². The van der Waals surface area contributed by atoms with Crippen molar-refractivity contribution < 1.29 is 23.1 Å². The molecule has 26 heavy (non-hydrogen) atoms. The quantitative estimate of drug-likeness (QED) is 0.842. The van der Waals surface area contributed by atoms with Crippen LogP contribution < -0.4 is 5.32 Å². The normalized spacial score (nSPS) is 23.8. The van der Waals surface area contributed by atoms with Gasteiger partial charge in [0.1, 0.15) is 6.26 Å². The van der Waals surface area contributed by atoms with Crippen LogP contribution in [-0.2, 0) is 14.3 Å². The first kappa shape index (κ1) is 17.8. The first-order chi connectivity index (χ1) is 12.5. The van der Waals surface area contributed by atoms with E-state index in [-0.39, 0.29) is 27.8 Å². The van der Waals surface area contributed by atoms with Crippen molar-refractivity contribution in [3.8, 4) is 0 Å². The second-order valence-corrected chi connectivity index (χ2v) is 8.25. The van der Waals surface area contributed by atoms with Crippen LogP contribution in [0.2, 0.25) is 0 Å². The van der Waals surface area contributed by atoms with Gasteiger partial charge in [0.15, 0.2) is 22.8 Å². The van der Waals surface area contributed by atoms with E-state index in [1.54, 1.807) is 20.1 Å². The van der Waals surface area contributed by atoms with E-state index in [0.29, 0.717) is 29.7 Å². The van der Waals surface area contributed by atoms with Gasteiger partial charge < -0.3 is 19.2 Å². The molecule has 2 aromatic rings. The van der Waals surface area contributed by atoms with Crippen molar-refractivity contribution >= 4 is 33.5 Å².